The minimum Gasteiger partial charge on any atom is -0.493 e. The zero-order valence-corrected chi connectivity index (χ0v) is 17.6. The van der Waals surface area contributed by atoms with Crippen molar-refractivity contribution in [3.63, 3.8) is 0 Å². The van der Waals surface area contributed by atoms with Crippen LogP contribution in [0.3, 0.4) is 0 Å². The number of amides is 2. The molecule has 0 bridgehead atoms. The van der Waals surface area contributed by atoms with Crippen molar-refractivity contribution in [1.29, 1.82) is 0 Å². The highest BCUT2D eigenvalue weighted by atomic mass is 19.1. The summed E-state index contributed by atoms with van der Waals surface area (Å²) in [5.74, 6) is 0.979. The molecule has 0 fully saturated rings. The Labute approximate surface area is 179 Å². The van der Waals surface area contributed by atoms with Gasteiger partial charge in [0.25, 0.3) is 0 Å². The molecule has 1 atom stereocenters. The third-order valence-corrected chi connectivity index (χ3v) is 5.42. The molecule has 1 N–H and O–H groups in total. The Hall–Kier alpha value is -3.68. The quantitative estimate of drug-likeness (QED) is 0.662. The highest BCUT2D eigenvalue weighted by Gasteiger charge is 2.34. The monoisotopic (exact) mass is 425 g/mol. The molecule has 8 heteroatoms. The molecule has 0 radical (unpaired) electrons. The van der Waals surface area contributed by atoms with Gasteiger partial charge in [-0.05, 0) is 42.0 Å². The number of aromatic nitrogens is 1. The van der Waals surface area contributed by atoms with E-state index in [0.29, 0.717) is 30.3 Å². The fourth-order valence-corrected chi connectivity index (χ4v) is 3.96. The van der Waals surface area contributed by atoms with Crippen LogP contribution in [0.4, 0.5) is 14.9 Å². The van der Waals surface area contributed by atoms with E-state index in [1.54, 1.807) is 38.4 Å². The second-order valence-electron chi connectivity index (χ2n) is 7.09. The number of fused-ring (bicyclic) bond motifs is 1. The summed E-state index contributed by atoms with van der Waals surface area (Å²) in [6, 6.07) is 12.9. The number of nitrogens with one attached hydrogen (secondary N) is 1. The molecule has 2 aromatic carbocycles. The fraction of sp³-hybridized carbons (Fsp3) is 0.261. The maximum absolute atomic E-state index is 14.1. The topological polar surface area (TPSA) is 65.0 Å². The molecule has 1 aliphatic heterocycles. The fourth-order valence-electron chi connectivity index (χ4n) is 3.96. The van der Waals surface area contributed by atoms with Crippen LogP contribution in [0.15, 0.2) is 54.7 Å². The van der Waals surface area contributed by atoms with Gasteiger partial charge in [-0.3, -0.25) is 0 Å². The van der Waals surface area contributed by atoms with Gasteiger partial charge in [-0.1, -0.05) is 12.1 Å². The van der Waals surface area contributed by atoms with Crippen molar-refractivity contribution in [3.8, 4) is 17.2 Å². The number of halogens is 1. The molecule has 0 spiro atoms. The molecule has 1 aromatic heterocycles. The van der Waals surface area contributed by atoms with E-state index in [9.17, 15) is 9.18 Å². The predicted molar refractivity (Wildman–Crippen MR) is 114 cm³/mol. The number of methoxy groups -OCH3 is 3. The van der Waals surface area contributed by atoms with E-state index in [1.807, 2.05) is 30.5 Å². The predicted octanol–water partition coefficient (Wildman–Crippen LogP) is 4.29. The van der Waals surface area contributed by atoms with Crippen LogP contribution in [0.1, 0.15) is 17.3 Å². The van der Waals surface area contributed by atoms with Crippen molar-refractivity contribution in [2.45, 2.75) is 12.6 Å². The van der Waals surface area contributed by atoms with Crippen molar-refractivity contribution < 1.29 is 23.4 Å². The Morgan fingerprint density at radius 2 is 1.71 bits per heavy atom. The minimum absolute atomic E-state index is 0.136. The van der Waals surface area contributed by atoms with E-state index in [-0.39, 0.29) is 5.69 Å². The van der Waals surface area contributed by atoms with Gasteiger partial charge in [-0.15, -0.1) is 0 Å². The van der Waals surface area contributed by atoms with Crippen LogP contribution in [0.2, 0.25) is 0 Å². The summed E-state index contributed by atoms with van der Waals surface area (Å²) >= 11 is 0. The first kappa shape index (κ1) is 20.6. The van der Waals surface area contributed by atoms with Crippen molar-refractivity contribution in [3.05, 3.63) is 71.8 Å². The molecule has 0 unspecified atom stereocenters. The highest BCUT2D eigenvalue weighted by molar-refractivity contribution is 5.90. The second kappa shape index (κ2) is 8.59. The SMILES string of the molecule is COc1cc([C@@H]2c3cccn3CCN2C(=O)Nc2ccccc2F)cc(OC)c1OC. The van der Waals surface area contributed by atoms with Gasteiger partial charge >= 0.3 is 6.03 Å². The number of rotatable bonds is 5. The van der Waals surface area contributed by atoms with Gasteiger partial charge < -0.3 is 29.0 Å². The molecule has 4 rings (SSSR count). The van der Waals surface area contributed by atoms with Crippen LogP contribution >= 0.6 is 0 Å². The van der Waals surface area contributed by atoms with Crippen molar-refractivity contribution in [2.75, 3.05) is 33.2 Å². The molecule has 0 saturated heterocycles. The summed E-state index contributed by atoms with van der Waals surface area (Å²) in [5.41, 5.74) is 1.86. The van der Waals surface area contributed by atoms with E-state index in [0.717, 1.165) is 11.3 Å². The number of carbonyl (C=O) groups is 1. The van der Waals surface area contributed by atoms with E-state index in [4.69, 9.17) is 14.2 Å². The third-order valence-electron chi connectivity index (χ3n) is 5.42. The van der Waals surface area contributed by atoms with E-state index in [2.05, 4.69) is 9.88 Å². The Balaban J connectivity index is 1.77. The number of hydrogen-bond acceptors (Lipinski definition) is 4. The van der Waals surface area contributed by atoms with Crippen molar-refractivity contribution in [2.24, 2.45) is 0 Å². The number of para-hydroxylation sites is 1. The molecule has 2 amide bonds. The van der Waals surface area contributed by atoms with Gasteiger partial charge in [-0.2, -0.15) is 0 Å². The van der Waals surface area contributed by atoms with Crippen molar-refractivity contribution >= 4 is 11.7 Å². The summed E-state index contributed by atoms with van der Waals surface area (Å²) in [6.07, 6.45) is 1.98. The number of nitrogens with zero attached hydrogens (tertiary/aromatic N) is 2. The van der Waals surface area contributed by atoms with Gasteiger partial charge in [-0.25, -0.2) is 9.18 Å². The molecule has 31 heavy (non-hydrogen) atoms. The van der Waals surface area contributed by atoms with Crippen molar-refractivity contribution in [1.82, 2.24) is 9.47 Å². The maximum atomic E-state index is 14.1. The number of hydrogen-bond donors (Lipinski definition) is 1. The number of urea groups is 1. The van der Waals surface area contributed by atoms with Gasteiger partial charge in [0, 0.05) is 25.0 Å². The first-order chi connectivity index (χ1) is 15.1. The van der Waals surface area contributed by atoms with Crippen LogP contribution < -0.4 is 19.5 Å². The highest BCUT2D eigenvalue weighted by Crippen LogP contribution is 2.43. The molecule has 2 heterocycles. The number of anilines is 1. The summed E-state index contributed by atoms with van der Waals surface area (Å²) in [6.45, 7) is 1.08. The lowest BCUT2D eigenvalue weighted by molar-refractivity contribution is 0.181. The number of benzene rings is 2. The molecule has 162 valence electrons. The first-order valence-corrected chi connectivity index (χ1v) is 9.84. The average Bonchev–Trinajstić information content (AvgIpc) is 3.27. The smallest absolute Gasteiger partial charge is 0.322 e. The van der Waals surface area contributed by atoms with E-state index in [1.165, 1.54) is 12.1 Å². The van der Waals surface area contributed by atoms with Gasteiger partial charge in [0.2, 0.25) is 5.75 Å². The molecular formula is C23H24FN3O4. The second-order valence-corrected chi connectivity index (χ2v) is 7.09. The van der Waals surface area contributed by atoms with E-state index >= 15 is 0 Å². The largest absolute Gasteiger partial charge is 0.493 e. The van der Waals surface area contributed by atoms with Crippen LogP contribution in [-0.2, 0) is 6.54 Å². The van der Waals surface area contributed by atoms with Gasteiger partial charge in [0.05, 0.1) is 33.1 Å². The lowest BCUT2D eigenvalue weighted by atomic mass is 9.99. The minimum atomic E-state index is -0.486. The molecule has 7 nitrogen and oxygen atoms in total. The number of carbonyl (C=O) groups excluding carboxylic acids is 1. The normalized spacial score (nSPS) is 15.2. The Morgan fingerprint density at radius 1 is 1.00 bits per heavy atom. The van der Waals surface area contributed by atoms with Crippen LogP contribution in [0.25, 0.3) is 0 Å². The maximum Gasteiger partial charge on any atom is 0.322 e. The average molecular weight is 425 g/mol. The van der Waals surface area contributed by atoms with Gasteiger partial charge in [0.1, 0.15) is 5.82 Å². The lowest BCUT2D eigenvalue weighted by Crippen LogP contribution is -2.44. The van der Waals surface area contributed by atoms with E-state index < -0.39 is 17.9 Å². The number of ether oxygens (including phenoxy) is 3. The lowest BCUT2D eigenvalue weighted by Gasteiger charge is -2.37. The Bertz CT molecular complexity index is 1070. The third kappa shape index (κ3) is 3.76. The molecule has 3 aromatic rings. The summed E-state index contributed by atoms with van der Waals surface area (Å²) in [7, 11) is 4.64. The standard InChI is InChI=1S/C23H24FN3O4/c1-29-19-13-15(14-20(30-2)22(19)31-3)21-18-9-6-10-26(18)11-12-27(21)23(28)25-17-8-5-4-7-16(17)24/h4-10,13-14,21H,11-12H2,1-3H3,(H,25,28)/t21-/m1/s1. The Kier molecular flexibility index (Phi) is 5.70. The molecule has 0 aliphatic carbocycles. The van der Waals surface area contributed by atoms with Crippen LogP contribution in [-0.4, -0.2) is 43.4 Å². The zero-order valence-electron chi connectivity index (χ0n) is 17.6. The summed E-state index contributed by atoms with van der Waals surface area (Å²) in [5, 5.41) is 2.70. The zero-order chi connectivity index (χ0) is 22.0. The summed E-state index contributed by atoms with van der Waals surface area (Å²) < 4.78 is 32.7. The molecular weight excluding hydrogens is 401 g/mol. The molecule has 0 saturated carbocycles. The van der Waals surface area contributed by atoms with Gasteiger partial charge in [0.15, 0.2) is 11.5 Å². The molecule has 1 aliphatic rings. The van der Waals surface area contributed by atoms with Crippen LogP contribution in [0, 0.1) is 5.82 Å². The summed E-state index contributed by atoms with van der Waals surface area (Å²) in [4.78, 5) is 14.9. The first-order valence-electron chi connectivity index (χ1n) is 9.84. The Morgan fingerprint density at radius 3 is 2.35 bits per heavy atom. The van der Waals surface area contributed by atoms with Crippen LogP contribution in [0.5, 0.6) is 17.2 Å².